The fourth-order valence-corrected chi connectivity index (χ4v) is 2.63. The molecular weight excluding hydrogens is 372 g/mol. The molecule has 6 heteroatoms. The topological polar surface area (TPSA) is 93.1 Å². The van der Waals surface area contributed by atoms with Gasteiger partial charge in [-0.05, 0) is 45.4 Å². The molecule has 0 amide bonds. The number of hydrogen-bond donors (Lipinski definition) is 2. The van der Waals surface area contributed by atoms with Crippen molar-refractivity contribution in [1.29, 1.82) is 0 Å². The first-order valence-corrected chi connectivity index (χ1v) is 10.9. The summed E-state index contributed by atoms with van der Waals surface area (Å²) in [6, 6.07) is 0. The summed E-state index contributed by atoms with van der Waals surface area (Å²) in [6.45, 7) is 4.08. The van der Waals surface area contributed by atoms with Gasteiger partial charge in [0.1, 0.15) is 12.7 Å². The third-order valence-corrected chi connectivity index (χ3v) is 4.26. The van der Waals surface area contributed by atoms with Crippen LogP contribution in [0, 0.1) is 6.92 Å². The lowest BCUT2D eigenvalue weighted by Crippen LogP contribution is -2.21. The lowest BCUT2D eigenvalue weighted by atomic mass is 10.1. The maximum Gasteiger partial charge on any atom is 0.330 e. The minimum atomic E-state index is -0.741. The van der Waals surface area contributed by atoms with Gasteiger partial charge in [0.05, 0.1) is 0 Å². The van der Waals surface area contributed by atoms with Crippen LogP contribution in [0.1, 0.15) is 77.0 Å². The normalized spacial score (nSPS) is 12.5. The van der Waals surface area contributed by atoms with E-state index in [9.17, 15) is 9.59 Å². The summed E-state index contributed by atoms with van der Waals surface area (Å²) in [7, 11) is 0. The van der Waals surface area contributed by atoms with Crippen molar-refractivity contribution in [2.75, 3.05) is 19.8 Å². The van der Waals surface area contributed by atoms with Crippen molar-refractivity contribution in [2.24, 2.45) is 0 Å². The van der Waals surface area contributed by atoms with Gasteiger partial charge < -0.3 is 19.7 Å². The van der Waals surface area contributed by atoms with Crippen molar-refractivity contribution >= 4 is 11.9 Å². The summed E-state index contributed by atoms with van der Waals surface area (Å²) in [4.78, 5) is 23.3. The Morgan fingerprint density at radius 2 is 1.17 bits per heavy atom. The highest BCUT2D eigenvalue weighted by molar-refractivity contribution is 5.82. The molecule has 0 saturated carbocycles. The first-order valence-electron chi connectivity index (χ1n) is 10.9. The summed E-state index contributed by atoms with van der Waals surface area (Å²) < 4.78 is 10.1. The minimum absolute atomic E-state index is 0.0746. The number of rotatable bonds is 19. The second kappa shape index (κ2) is 21.1. The Morgan fingerprint density at radius 1 is 0.724 bits per heavy atom. The predicted octanol–water partition coefficient (Wildman–Crippen LogP) is 4.05. The number of carbonyl (C=O) groups excluding carboxylic acids is 2. The zero-order valence-electron chi connectivity index (χ0n) is 17.7. The average molecular weight is 412 g/mol. The van der Waals surface area contributed by atoms with Gasteiger partial charge in [-0.3, -0.25) is 0 Å². The van der Waals surface area contributed by atoms with Crippen molar-refractivity contribution in [2.45, 2.75) is 83.2 Å². The Balaban J connectivity index is 3.68. The van der Waals surface area contributed by atoms with Crippen LogP contribution in [-0.2, 0) is 19.1 Å². The molecule has 0 aliphatic rings. The molecule has 0 aliphatic carbocycles. The molecule has 0 rings (SSSR count). The fraction of sp³-hybridized carbons (Fsp3) is 0.696. The van der Waals surface area contributed by atoms with Crippen LogP contribution in [-0.4, -0.2) is 48.1 Å². The summed E-state index contributed by atoms with van der Waals surface area (Å²) in [5.41, 5.74) is 0. The Hall–Kier alpha value is -1.66. The number of carbonyl (C=O) groups is 2. The smallest absolute Gasteiger partial charge is 0.330 e. The molecule has 1 unspecified atom stereocenters. The number of ether oxygens (including phenoxy) is 2. The van der Waals surface area contributed by atoms with Gasteiger partial charge in [-0.25, -0.2) is 9.59 Å². The molecule has 0 aromatic rings. The molecule has 0 fully saturated rings. The van der Waals surface area contributed by atoms with E-state index in [0.717, 1.165) is 77.0 Å². The Morgan fingerprint density at radius 3 is 1.69 bits per heavy atom. The SMILES string of the molecule is [CH2]C(COC(=O)/C=C/CCCCCCCO)OC(=O)/C=C/CCCCCCCO. The van der Waals surface area contributed by atoms with E-state index in [4.69, 9.17) is 19.7 Å². The van der Waals surface area contributed by atoms with E-state index < -0.39 is 18.0 Å². The molecule has 0 heterocycles. The van der Waals surface area contributed by atoms with E-state index in [0.29, 0.717) is 0 Å². The van der Waals surface area contributed by atoms with Crippen LogP contribution >= 0.6 is 0 Å². The molecule has 2 N–H and O–H groups in total. The maximum absolute atomic E-state index is 11.7. The molecule has 0 saturated heterocycles. The Bertz CT molecular complexity index is 458. The average Bonchev–Trinajstić information content (AvgIpc) is 2.70. The molecule has 0 aromatic carbocycles. The molecule has 0 spiro atoms. The van der Waals surface area contributed by atoms with E-state index in [2.05, 4.69) is 6.92 Å². The highest BCUT2D eigenvalue weighted by atomic mass is 16.6. The second-order valence-corrected chi connectivity index (χ2v) is 7.05. The van der Waals surface area contributed by atoms with Crippen molar-refractivity contribution in [3.05, 3.63) is 31.2 Å². The quantitative estimate of drug-likeness (QED) is 0.189. The number of allylic oxidation sites excluding steroid dienone is 2. The third kappa shape index (κ3) is 20.9. The molecule has 29 heavy (non-hydrogen) atoms. The first-order chi connectivity index (χ1) is 14.1. The van der Waals surface area contributed by atoms with Crippen LogP contribution < -0.4 is 0 Å². The summed E-state index contributed by atoms with van der Waals surface area (Å²) in [5, 5.41) is 17.4. The van der Waals surface area contributed by atoms with Gasteiger partial charge in [-0.15, -0.1) is 0 Å². The maximum atomic E-state index is 11.7. The van der Waals surface area contributed by atoms with Gasteiger partial charge >= 0.3 is 11.9 Å². The van der Waals surface area contributed by atoms with Crippen LogP contribution in [0.4, 0.5) is 0 Å². The lowest BCUT2D eigenvalue weighted by molar-refractivity contribution is -0.150. The predicted molar refractivity (Wildman–Crippen MR) is 114 cm³/mol. The third-order valence-electron chi connectivity index (χ3n) is 4.26. The molecule has 0 aromatic heterocycles. The zero-order chi connectivity index (χ0) is 21.6. The second-order valence-electron chi connectivity index (χ2n) is 7.05. The van der Waals surface area contributed by atoms with Gasteiger partial charge in [0.25, 0.3) is 0 Å². The highest BCUT2D eigenvalue weighted by Gasteiger charge is 2.09. The van der Waals surface area contributed by atoms with Gasteiger partial charge in [-0.2, -0.15) is 0 Å². The summed E-state index contributed by atoms with van der Waals surface area (Å²) >= 11 is 0. The van der Waals surface area contributed by atoms with Crippen molar-refractivity contribution in [3.8, 4) is 0 Å². The number of hydrogen-bond acceptors (Lipinski definition) is 6. The van der Waals surface area contributed by atoms with E-state index >= 15 is 0 Å². The molecule has 0 aliphatic heterocycles. The number of aliphatic hydroxyl groups excluding tert-OH is 2. The van der Waals surface area contributed by atoms with E-state index in [-0.39, 0.29) is 19.8 Å². The lowest BCUT2D eigenvalue weighted by Gasteiger charge is -2.11. The zero-order valence-corrected chi connectivity index (χ0v) is 17.7. The Labute approximate surface area is 176 Å². The first kappa shape index (κ1) is 27.3. The van der Waals surface area contributed by atoms with Gasteiger partial charge in [0.2, 0.25) is 0 Å². The molecule has 1 atom stereocenters. The number of unbranched alkanes of at least 4 members (excludes halogenated alkanes) is 10. The Kier molecular flexibility index (Phi) is 19.9. The van der Waals surface area contributed by atoms with E-state index in [1.807, 2.05) is 0 Å². The highest BCUT2D eigenvalue weighted by Crippen LogP contribution is 2.07. The van der Waals surface area contributed by atoms with Crippen molar-refractivity contribution in [1.82, 2.24) is 0 Å². The molecular formula is C23H39O6. The van der Waals surface area contributed by atoms with Crippen LogP contribution in [0.5, 0.6) is 0 Å². The van der Waals surface area contributed by atoms with Crippen LogP contribution in [0.3, 0.4) is 0 Å². The minimum Gasteiger partial charge on any atom is -0.459 e. The standard InChI is InChI=1S/C23H39O6/c1-21(29-23(27)17-13-9-5-3-7-11-15-19-25)20-28-22(26)16-12-8-4-2-6-10-14-18-24/h12-13,16-17,21,24-25H,1-11,14-15,18-20H2/b16-12+,17-13+. The van der Waals surface area contributed by atoms with Crippen LogP contribution in [0.15, 0.2) is 24.3 Å². The number of esters is 2. The van der Waals surface area contributed by atoms with E-state index in [1.165, 1.54) is 12.2 Å². The van der Waals surface area contributed by atoms with Crippen LogP contribution in [0.25, 0.3) is 0 Å². The van der Waals surface area contributed by atoms with Crippen molar-refractivity contribution in [3.63, 3.8) is 0 Å². The molecule has 0 bridgehead atoms. The monoisotopic (exact) mass is 411 g/mol. The summed E-state index contributed by atoms with van der Waals surface area (Å²) in [5.74, 6) is -0.954. The van der Waals surface area contributed by atoms with Gasteiger partial charge in [0, 0.05) is 25.4 Å². The summed E-state index contributed by atoms with van der Waals surface area (Å²) in [6.07, 6.45) is 17.3. The molecule has 1 radical (unpaired) electrons. The molecule has 167 valence electrons. The largest absolute Gasteiger partial charge is 0.459 e. The van der Waals surface area contributed by atoms with Gasteiger partial charge in [0.15, 0.2) is 0 Å². The fourth-order valence-electron chi connectivity index (χ4n) is 2.63. The van der Waals surface area contributed by atoms with Crippen molar-refractivity contribution < 1.29 is 29.3 Å². The van der Waals surface area contributed by atoms with E-state index in [1.54, 1.807) is 12.2 Å². The van der Waals surface area contributed by atoms with Gasteiger partial charge in [-0.1, -0.05) is 50.7 Å². The van der Waals surface area contributed by atoms with Crippen LogP contribution in [0.2, 0.25) is 0 Å². The molecule has 6 nitrogen and oxygen atoms in total. The number of aliphatic hydroxyl groups is 2.